The van der Waals surface area contributed by atoms with E-state index in [0.717, 1.165) is 43.8 Å². The minimum absolute atomic E-state index is 0.700. The highest BCUT2D eigenvalue weighted by molar-refractivity contribution is 6.12. The molecule has 0 saturated heterocycles. The van der Waals surface area contributed by atoms with Crippen LogP contribution in [0.25, 0.3) is 65.7 Å². The number of fused-ring (bicyclic) bond motifs is 5. The summed E-state index contributed by atoms with van der Waals surface area (Å²) in [6.07, 6.45) is 0. The van der Waals surface area contributed by atoms with E-state index >= 15 is 0 Å². The molecular formula is C33H19NO. The summed E-state index contributed by atoms with van der Waals surface area (Å²) in [6.45, 7) is 0. The molecule has 0 N–H and O–H groups in total. The van der Waals surface area contributed by atoms with E-state index in [1.54, 1.807) is 0 Å². The summed E-state index contributed by atoms with van der Waals surface area (Å²) in [6, 6.07) is 42.1. The molecule has 0 bridgehead atoms. The van der Waals surface area contributed by atoms with E-state index in [2.05, 4.69) is 84.9 Å². The Labute approximate surface area is 202 Å². The molecule has 7 aromatic rings. The van der Waals surface area contributed by atoms with Gasteiger partial charge in [0.05, 0.1) is 11.6 Å². The second-order valence-corrected chi connectivity index (χ2v) is 8.83. The van der Waals surface area contributed by atoms with E-state index in [1.165, 1.54) is 21.9 Å². The first kappa shape index (κ1) is 19.6. The van der Waals surface area contributed by atoms with E-state index in [1.807, 2.05) is 36.4 Å². The van der Waals surface area contributed by atoms with Crippen LogP contribution in [0.3, 0.4) is 0 Å². The third-order valence-corrected chi connectivity index (χ3v) is 6.95. The van der Waals surface area contributed by atoms with E-state index in [-0.39, 0.29) is 0 Å². The highest BCUT2D eigenvalue weighted by Crippen LogP contribution is 2.40. The van der Waals surface area contributed by atoms with Crippen LogP contribution < -0.4 is 0 Å². The molecule has 0 aliphatic heterocycles. The van der Waals surface area contributed by atoms with Gasteiger partial charge in [0.25, 0.3) is 0 Å². The minimum atomic E-state index is 0.700. The van der Waals surface area contributed by atoms with Crippen LogP contribution >= 0.6 is 0 Å². The number of rotatable bonds is 2. The SMILES string of the molecule is N#Cc1ccc(-c2ccc(-c3ccc4oc5ccccc5c4c3)c3ccccc23)c2ccccc12. The third kappa shape index (κ3) is 2.96. The Hall–Kier alpha value is -4.87. The standard InChI is InChI=1S/C33H19NO/c34-20-22-13-15-28(25-8-2-1-7-23(22)25)29-17-16-24(26-9-3-4-10-27(26)29)21-14-18-33-31(19-21)30-11-5-6-12-32(30)35-33/h1-19H. The van der Waals surface area contributed by atoms with Crippen molar-refractivity contribution in [3.63, 3.8) is 0 Å². The lowest BCUT2D eigenvalue weighted by molar-refractivity contribution is 0.669. The molecule has 7 rings (SSSR count). The summed E-state index contributed by atoms with van der Waals surface area (Å²) in [7, 11) is 0. The predicted octanol–water partition coefficient (Wildman–Crippen LogP) is 9.10. The summed E-state index contributed by atoms with van der Waals surface area (Å²) >= 11 is 0. The molecule has 0 atom stereocenters. The summed E-state index contributed by atoms with van der Waals surface area (Å²) in [5.41, 5.74) is 7.17. The molecule has 162 valence electrons. The molecule has 0 aliphatic carbocycles. The lowest BCUT2D eigenvalue weighted by Crippen LogP contribution is -1.89. The molecule has 0 unspecified atom stereocenters. The molecule has 0 amide bonds. The fourth-order valence-corrected chi connectivity index (χ4v) is 5.31. The van der Waals surface area contributed by atoms with Gasteiger partial charge in [0.15, 0.2) is 0 Å². The first-order valence-corrected chi connectivity index (χ1v) is 11.7. The number of furan rings is 1. The number of para-hydroxylation sites is 1. The molecule has 0 aliphatic rings. The van der Waals surface area contributed by atoms with Gasteiger partial charge >= 0.3 is 0 Å². The summed E-state index contributed by atoms with van der Waals surface area (Å²) in [5.74, 6) is 0. The van der Waals surface area contributed by atoms with Crippen molar-refractivity contribution in [3.8, 4) is 28.3 Å². The van der Waals surface area contributed by atoms with Crippen molar-refractivity contribution >= 4 is 43.5 Å². The topological polar surface area (TPSA) is 36.9 Å². The number of benzene rings is 6. The van der Waals surface area contributed by atoms with Gasteiger partial charge in [-0.15, -0.1) is 0 Å². The smallest absolute Gasteiger partial charge is 0.135 e. The largest absolute Gasteiger partial charge is 0.456 e. The first-order chi connectivity index (χ1) is 17.3. The van der Waals surface area contributed by atoms with E-state index in [0.29, 0.717) is 5.56 Å². The van der Waals surface area contributed by atoms with Crippen molar-refractivity contribution in [2.45, 2.75) is 0 Å². The van der Waals surface area contributed by atoms with Crippen LogP contribution in [0.1, 0.15) is 5.56 Å². The summed E-state index contributed by atoms with van der Waals surface area (Å²) < 4.78 is 6.04. The minimum Gasteiger partial charge on any atom is -0.456 e. The zero-order valence-electron chi connectivity index (χ0n) is 18.8. The molecule has 0 fully saturated rings. The lowest BCUT2D eigenvalue weighted by Gasteiger charge is -2.14. The molecule has 2 heteroatoms. The summed E-state index contributed by atoms with van der Waals surface area (Å²) in [4.78, 5) is 0. The van der Waals surface area contributed by atoms with Crippen molar-refractivity contribution in [2.24, 2.45) is 0 Å². The van der Waals surface area contributed by atoms with E-state index in [4.69, 9.17) is 4.42 Å². The summed E-state index contributed by atoms with van der Waals surface area (Å²) in [5, 5.41) is 16.3. The maximum atomic E-state index is 9.60. The Kier molecular flexibility index (Phi) is 4.24. The first-order valence-electron chi connectivity index (χ1n) is 11.7. The Morgan fingerprint density at radius 2 is 1.00 bits per heavy atom. The molecule has 35 heavy (non-hydrogen) atoms. The molecule has 1 heterocycles. The van der Waals surface area contributed by atoms with Gasteiger partial charge in [-0.25, -0.2) is 0 Å². The zero-order valence-corrected chi connectivity index (χ0v) is 18.8. The molecular weight excluding hydrogens is 426 g/mol. The normalized spacial score (nSPS) is 11.4. The molecule has 0 spiro atoms. The average molecular weight is 446 g/mol. The number of nitriles is 1. The van der Waals surface area contributed by atoms with E-state index < -0.39 is 0 Å². The molecule has 6 aromatic carbocycles. The van der Waals surface area contributed by atoms with Crippen LogP contribution in [0.5, 0.6) is 0 Å². The van der Waals surface area contributed by atoms with Crippen molar-refractivity contribution in [3.05, 3.63) is 121 Å². The quantitative estimate of drug-likeness (QED) is 0.266. The van der Waals surface area contributed by atoms with Crippen LogP contribution in [0.4, 0.5) is 0 Å². The van der Waals surface area contributed by atoms with Crippen molar-refractivity contribution < 1.29 is 4.42 Å². The Morgan fingerprint density at radius 3 is 1.74 bits per heavy atom. The molecule has 1 aromatic heterocycles. The van der Waals surface area contributed by atoms with Gasteiger partial charge in [-0.1, -0.05) is 91.0 Å². The van der Waals surface area contributed by atoms with Gasteiger partial charge in [0, 0.05) is 16.2 Å². The van der Waals surface area contributed by atoms with Gasteiger partial charge in [0.1, 0.15) is 11.2 Å². The zero-order chi connectivity index (χ0) is 23.4. The van der Waals surface area contributed by atoms with Crippen molar-refractivity contribution in [1.29, 1.82) is 5.26 Å². The van der Waals surface area contributed by atoms with Crippen molar-refractivity contribution in [2.75, 3.05) is 0 Å². The Balaban J connectivity index is 1.48. The molecule has 0 saturated carbocycles. The van der Waals surface area contributed by atoms with Gasteiger partial charge in [0.2, 0.25) is 0 Å². The fraction of sp³-hybridized carbons (Fsp3) is 0. The Bertz CT molecular complexity index is 1970. The number of nitrogens with zero attached hydrogens (tertiary/aromatic N) is 1. The van der Waals surface area contributed by atoms with Crippen LogP contribution in [0.2, 0.25) is 0 Å². The second-order valence-electron chi connectivity index (χ2n) is 8.83. The Morgan fingerprint density at radius 1 is 0.457 bits per heavy atom. The van der Waals surface area contributed by atoms with Crippen LogP contribution in [0, 0.1) is 11.3 Å². The number of hydrogen-bond donors (Lipinski definition) is 0. The van der Waals surface area contributed by atoms with Gasteiger partial charge < -0.3 is 4.42 Å². The van der Waals surface area contributed by atoms with E-state index in [9.17, 15) is 5.26 Å². The second kappa shape index (κ2) is 7.58. The van der Waals surface area contributed by atoms with Crippen LogP contribution in [-0.4, -0.2) is 0 Å². The fourth-order valence-electron chi connectivity index (χ4n) is 5.31. The monoisotopic (exact) mass is 445 g/mol. The predicted molar refractivity (Wildman–Crippen MR) is 144 cm³/mol. The van der Waals surface area contributed by atoms with Crippen molar-refractivity contribution in [1.82, 2.24) is 0 Å². The molecule has 2 nitrogen and oxygen atoms in total. The lowest BCUT2D eigenvalue weighted by atomic mass is 9.89. The maximum Gasteiger partial charge on any atom is 0.135 e. The molecule has 0 radical (unpaired) electrons. The van der Waals surface area contributed by atoms with Gasteiger partial charge in [-0.2, -0.15) is 5.26 Å². The van der Waals surface area contributed by atoms with Gasteiger partial charge in [-0.3, -0.25) is 0 Å². The maximum absolute atomic E-state index is 9.60. The van der Waals surface area contributed by atoms with Crippen LogP contribution in [0.15, 0.2) is 120 Å². The van der Waals surface area contributed by atoms with Gasteiger partial charge in [-0.05, 0) is 62.7 Å². The third-order valence-electron chi connectivity index (χ3n) is 6.95. The van der Waals surface area contributed by atoms with Crippen LogP contribution in [-0.2, 0) is 0 Å². The number of hydrogen-bond acceptors (Lipinski definition) is 2. The highest BCUT2D eigenvalue weighted by Gasteiger charge is 2.14. The average Bonchev–Trinajstić information content (AvgIpc) is 3.30. The highest BCUT2D eigenvalue weighted by atomic mass is 16.3.